The Morgan fingerprint density at radius 3 is 2.59 bits per heavy atom. The summed E-state index contributed by atoms with van der Waals surface area (Å²) >= 11 is 0. The van der Waals surface area contributed by atoms with E-state index in [0.717, 1.165) is 17.5 Å². The molecule has 2 aromatic carbocycles. The normalized spacial score (nSPS) is 12.9. The number of carbonyl (C=O) groups is 2. The number of ether oxygens (including phenoxy) is 1. The van der Waals surface area contributed by atoms with Crippen molar-refractivity contribution in [3.63, 3.8) is 0 Å². The van der Waals surface area contributed by atoms with Crippen molar-refractivity contribution in [2.24, 2.45) is 0 Å². The Bertz CT molecular complexity index is 879. The predicted molar refractivity (Wildman–Crippen MR) is 98.4 cm³/mol. The number of nitro groups is 1. The van der Waals surface area contributed by atoms with Gasteiger partial charge in [0, 0.05) is 30.9 Å². The van der Waals surface area contributed by atoms with E-state index in [4.69, 9.17) is 4.74 Å². The molecule has 0 fully saturated rings. The monoisotopic (exact) mass is 369 g/mol. The number of nitrogens with one attached hydrogen (secondary N) is 1. The third-order valence-electron chi connectivity index (χ3n) is 4.45. The minimum atomic E-state index is -0.478. The molecule has 0 aromatic heterocycles. The lowest BCUT2D eigenvalue weighted by atomic mass is 9.99. The zero-order valence-corrected chi connectivity index (χ0v) is 14.8. The number of hydrogen-bond acceptors (Lipinski definition) is 5. The Labute approximate surface area is 155 Å². The molecule has 2 aromatic rings. The van der Waals surface area contributed by atoms with Gasteiger partial charge in [-0.15, -0.1) is 0 Å². The lowest BCUT2D eigenvalue weighted by Gasteiger charge is -2.28. The van der Waals surface area contributed by atoms with E-state index in [1.54, 1.807) is 17.0 Å². The summed E-state index contributed by atoms with van der Waals surface area (Å²) in [6.45, 7) is 1.04. The number of anilines is 1. The Kier molecular flexibility index (Phi) is 5.35. The number of nitro benzene ring substituents is 1. The molecule has 1 N–H and O–H groups in total. The van der Waals surface area contributed by atoms with Gasteiger partial charge in [0.15, 0.2) is 0 Å². The summed E-state index contributed by atoms with van der Waals surface area (Å²) in [4.78, 5) is 35.8. The van der Waals surface area contributed by atoms with E-state index in [2.05, 4.69) is 5.32 Å². The third-order valence-corrected chi connectivity index (χ3v) is 4.45. The first-order valence-corrected chi connectivity index (χ1v) is 8.44. The Morgan fingerprint density at radius 2 is 1.93 bits per heavy atom. The number of hydrogen-bond donors (Lipinski definition) is 1. The van der Waals surface area contributed by atoms with Crippen molar-refractivity contribution in [2.75, 3.05) is 19.0 Å². The van der Waals surface area contributed by atoms with E-state index in [1.165, 1.54) is 19.2 Å². The van der Waals surface area contributed by atoms with E-state index in [0.29, 0.717) is 24.3 Å². The zero-order chi connectivity index (χ0) is 19.4. The molecule has 0 aliphatic carbocycles. The summed E-state index contributed by atoms with van der Waals surface area (Å²) in [6, 6.07) is 11.5. The molecule has 0 bridgehead atoms. The van der Waals surface area contributed by atoms with Gasteiger partial charge in [-0.2, -0.15) is 0 Å². The molecule has 8 nitrogen and oxygen atoms in total. The van der Waals surface area contributed by atoms with Gasteiger partial charge in [-0.3, -0.25) is 14.9 Å². The molecular formula is C19H19N3O5. The average Bonchev–Trinajstić information content (AvgIpc) is 2.67. The second kappa shape index (κ2) is 7.86. The summed E-state index contributed by atoms with van der Waals surface area (Å²) in [6.07, 6.45) is 0.485. The molecule has 0 saturated carbocycles. The maximum absolute atomic E-state index is 12.3. The number of benzene rings is 2. The number of carbonyl (C=O) groups excluding carboxylic acids is 2. The van der Waals surface area contributed by atoms with Crippen LogP contribution >= 0.6 is 0 Å². The van der Waals surface area contributed by atoms with Crippen LogP contribution in [-0.2, 0) is 28.9 Å². The second-order valence-corrected chi connectivity index (χ2v) is 6.27. The maximum Gasteiger partial charge on any atom is 0.409 e. The van der Waals surface area contributed by atoms with Gasteiger partial charge in [0.05, 0.1) is 18.5 Å². The van der Waals surface area contributed by atoms with Gasteiger partial charge in [-0.1, -0.05) is 18.2 Å². The molecule has 0 unspecified atom stereocenters. The van der Waals surface area contributed by atoms with Crippen molar-refractivity contribution in [3.05, 3.63) is 69.3 Å². The van der Waals surface area contributed by atoms with Crippen molar-refractivity contribution in [1.82, 2.24) is 4.90 Å². The van der Waals surface area contributed by atoms with Crippen LogP contribution in [0.5, 0.6) is 0 Å². The third kappa shape index (κ3) is 4.41. The molecule has 1 aliphatic heterocycles. The number of methoxy groups -OCH3 is 1. The van der Waals surface area contributed by atoms with E-state index in [-0.39, 0.29) is 24.1 Å². The first-order valence-electron chi connectivity index (χ1n) is 8.44. The zero-order valence-electron chi connectivity index (χ0n) is 14.8. The van der Waals surface area contributed by atoms with Gasteiger partial charge in [0.1, 0.15) is 0 Å². The van der Waals surface area contributed by atoms with Crippen LogP contribution < -0.4 is 5.32 Å². The quantitative estimate of drug-likeness (QED) is 0.659. The molecule has 2 amide bonds. The highest BCUT2D eigenvalue weighted by atomic mass is 16.6. The van der Waals surface area contributed by atoms with Crippen LogP contribution in [0.25, 0.3) is 0 Å². The minimum Gasteiger partial charge on any atom is -0.453 e. The molecule has 1 aliphatic rings. The highest BCUT2D eigenvalue weighted by molar-refractivity contribution is 5.92. The van der Waals surface area contributed by atoms with Gasteiger partial charge in [-0.05, 0) is 35.2 Å². The molecule has 3 rings (SSSR count). The van der Waals surface area contributed by atoms with Crippen LogP contribution in [-0.4, -0.2) is 35.5 Å². The minimum absolute atomic E-state index is 0.0102. The summed E-state index contributed by atoms with van der Waals surface area (Å²) in [5, 5.41) is 13.5. The summed E-state index contributed by atoms with van der Waals surface area (Å²) < 4.78 is 4.76. The molecule has 27 heavy (non-hydrogen) atoms. The van der Waals surface area contributed by atoms with Gasteiger partial charge in [0.25, 0.3) is 5.69 Å². The van der Waals surface area contributed by atoms with Crippen molar-refractivity contribution < 1.29 is 19.2 Å². The van der Waals surface area contributed by atoms with Crippen molar-refractivity contribution in [3.8, 4) is 0 Å². The lowest BCUT2D eigenvalue weighted by molar-refractivity contribution is -0.384. The fraction of sp³-hybridized carbons (Fsp3) is 0.263. The summed E-state index contributed by atoms with van der Waals surface area (Å²) in [5.74, 6) is -0.218. The van der Waals surface area contributed by atoms with Crippen LogP contribution in [0.1, 0.15) is 16.7 Å². The molecule has 0 spiro atoms. The lowest BCUT2D eigenvalue weighted by Crippen LogP contribution is -2.35. The molecular weight excluding hydrogens is 350 g/mol. The largest absolute Gasteiger partial charge is 0.453 e. The standard InChI is InChI=1S/C19H19N3O5/c1-27-19(24)21-9-8-14-4-5-16(11-15(14)12-21)20-18(23)10-13-2-6-17(7-3-13)22(25)26/h2-7,11H,8-10,12H2,1H3,(H,20,23). The molecule has 0 atom stereocenters. The van der Waals surface area contributed by atoms with Crippen LogP contribution in [0.4, 0.5) is 16.2 Å². The molecule has 0 radical (unpaired) electrons. The van der Waals surface area contributed by atoms with E-state index >= 15 is 0 Å². The van der Waals surface area contributed by atoms with Gasteiger partial charge in [0.2, 0.25) is 5.91 Å². The highest BCUT2D eigenvalue weighted by Crippen LogP contribution is 2.23. The van der Waals surface area contributed by atoms with E-state index in [1.807, 2.05) is 18.2 Å². The van der Waals surface area contributed by atoms with Crippen LogP contribution in [0.2, 0.25) is 0 Å². The number of rotatable bonds is 4. The van der Waals surface area contributed by atoms with Gasteiger partial charge >= 0.3 is 6.09 Å². The van der Waals surface area contributed by atoms with Crippen molar-refractivity contribution in [1.29, 1.82) is 0 Å². The summed E-state index contributed by atoms with van der Waals surface area (Å²) in [7, 11) is 1.35. The molecule has 8 heteroatoms. The van der Waals surface area contributed by atoms with Crippen LogP contribution in [0, 0.1) is 10.1 Å². The molecule has 0 saturated heterocycles. The Balaban J connectivity index is 1.65. The summed E-state index contributed by atoms with van der Waals surface area (Å²) in [5.41, 5.74) is 3.44. The van der Waals surface area contributed by atoms with E-state index in [9.17, 15) is 19.7 Å². The fourth-order valence-corrected chi connectivity index (χ4v) is 3.05. The molecule has 140 valence electrons. The van der Waals surface area contributed by atoms with Gasteiger partial charge in [-0.25, -0.2) is 4.79 Å². The van der Waals surface area contributed by atoms with Crippen molar-refractivity contribution >= 4 is 23.4 Å². The fourth-order valence-electron chi connectivity index (χ4n) is 3.05. The SMILES string of the molecule is COC(=O)N1CCc2ccc(NC(=O)Cc3ccc([N+](=O)[O-])cc3)cc2C1. The van der Waals surface area contributed by atoms with Crippen LogP contribution in [0.3, 0.4) is 0 Å². The highest BCUT2D eigenvalue weighted by Gasteiger charge is 2.21. The average molecular weight is 369 g/mol. The smallest absolute Gasteiger partial charge is 0.409 e. The number of amides is 2. The van der Waals surface area contributed by atoms with Crippen LogP contribution in [0.15, 0.2) is 42.5 Å². The number of nitrogens with zero attached hydrogens (tertiary/aromatic N) is 2. The first-order chi connectivity index (χ1) is 13.0. The Hall–Kier alpha value is -3.42. The van der Waals surface area contributed by atoms with Crippen molar-refractivity contribution in [2.45, 2.75) is 19.4 Å². The topological polar surface area (TPSA) is 102 Å². The number of non-ortho nitro benzene ring substituents is 1. The van der Waals surface area contributed by atoms with Gasteiger partial charge < -0.3 is 15.0 Å². The maximum atomic E-state index is 12.3. The second-order valence-electron chi connectivity index (χ2n) is 6.27. The predicted octanol–water partition coefficient (Wildman–Crippen LogP) is 2.90. The molecule has 1 heterocycles. The number of fused-ring (bicyclic) bond motifs is 1. The van der Waals surface area contributed by atoms with E-state index < -0.39 is 4.92 Å². The Morgan fingerprint density at radius 1 is 1.19 bits per heavy atom. The first kappa shape index (κ1) is 18.4.